The molecule has 1 unspecified atom stereocenters. The van der Waals surface area contributed by atoms with Crippen molar-refractivity contribution in [3.05, 3.63) is 53.3 Å². The van der Waals surface area contributed by atoms with Gasteiger partial charge in [0.2, 0.25) is 0 Å². The number of carbonyl (C=O) groups is 1. The number of amides is 1. The van der Waals surface area contributed by atoms with Crippen LogP contribution < -0.4 is 4.74 Å². The van der Waals surface area contributed by atoms with Gasteiger partial charge >= 0.3 is 0 Å². The molecule has 0 fully saturated rings. The second-order valence-electron chi connectivity index (χ2n) is 5.54. The Morgan fingerprint density at radius 3 is 2.91 bits per heavy atom. The summed E-state index contributed by atoms with van der Waals surface area (Å²) in [5, 5.41) is 8.99. The highest BCUT2D eigenvalue weighted by molar-refractivity contribution is 5.93. The number of fused-ring (bicyclic) bond motifs is 1. The second-order valence-corrected chi connectivity index (χ2v) is 5.54. The van der Waals surface area contributed by atoms with Crippen molar-refractivity contribution in [1.82, 2.24) is 9.47 Å². The topological polar surface area (TPSA) is 58.3 Å². The number of aromatic nitrogens is 1. The van der Waals surface area contributed by atoms with E-state index < -0.39 is 0 Å². The van der Waals surface area contributed by atoms with Gasteiger partial charge in [0.1, 0.15) is 24.1 Å². The predicted molar refractivity (Wildman–Crippen MR) is 81.4 cm³/mol. The number of rotatable bonds is 1. The van der Waals surface area contributed by atoms with Gasteiger partial charge in [0.05, 0.1) is 18.2 Å². The molecular formula is C17H17N3O2. The van der Waals surface area contributed by atoms with E-state index in [9.17, 15) is 4.79 Å². The Bertz CT molecular complexity index is 758. The van der Waals surface area contributed by atoms with Crippen LogP contribution in [0.3, 0.4) is 0 Å². The summed E-state index contributed by atoms with van der Waals surface area (Å²) < 4.78 is 7.48. The molecule has 0 N–H and O–H groups in total. The maximum Gasteiger partial charge on any atom is 0.271 e. The van der Waals surface area contributed by atoms with E-state index in [0.29, 0.717) is 24.4 Å². The van der Waals surface area contributed by atoms with Crippen molar-refractivity contribution in [1.29, 1.82) is 5.26 Å². The lowest BCUT2D eigenvalue weighted by Gasteiger charge is -2.26. The van der Waals surface area contributed by atoms with Crippen molar-refractivity contribution < 1.29 is 9.53 Å². The average Bonchev–Trinajstić information content (AvgIpc) is 2.82. The van der Waals surface area contributed by atoms with E-state index in [1.54, 1.807) is 28.8 Å². The van der Waals surface area contributed by atoms with Crippen molar-refractivity contribution in [2.24, 2.45) is 7.05 Å². The molecule has 1 amide bonds. The molecule has 3 rings (SSSR count). The Hall–Kier alpha value is -2.74. The van der Waals surface area contributed by atoms with Crippen LogP contribution in [-0.4, -0.2) is 28.0 Å². The van der Waals surface area contributed by atoms with Crippen molar-refractivity contribution in [3.8, 4) is 11.8 Å². The lowest BCUT2D eigenvalue weighted by molar-refractivity contribution is 0.0635. The van der Waals surface area contributed by atoms with Crippen LogP contribution in [0.5, 0.6) is 5.75 Å². The quantitative estimate of drug-likeness (QED) is 0.811. The summed E-state index contributed by atoms with van der Waals surface area (Å²) in [5.74, 6) is 0.742. The standard InChI is InChI=1S/C17H17N3O2/c1-12-11-22-16-6-4-3-5-14(16)10-20(12)17(21)15-7-13(8-18)9-19(15)2/h3-7,9,12H,10-11H2,1-2H3. The van der Waals surface area contributed by atoms with E-state index in [1.807, 2.05) is 31.2 Å². The van der Waals surface area contributed by atoms with Gasteiger partial charge in [-0.15, -0.1) is 0 Å². The zero-order valence-corrected chi connectivity index (χ0v) is 12.6. The van der Waals surface area contributed by atoms with Gasteiger partial charge in [-0.25, -0.2) is 0 Å². The molecule has 22 heavy (non-hydrogen) atoms. The number of hydrogen-bond acceptors (Lipinski definition) is 3. The van der Waals surface area contributed by atoms with Crippen molar-refractivity contribution in [2.75, 3.05) is 6.61 Å². The Labute approximate surface area is 129 Å². The molecule has 0 bridgehead atoms. The molecule has 1 aliphatic heterocycles. The monoisotopic (exact) mass is 295 g/mol. The maximum absolute atomic E-state index is 12.9. The van der Waals surface area contributed by atoms with E-state index in [0.717, 1.165) is 11.3 Å². The first-order valence-electron chi connectivity index (χ1n) is 7.18. The van der Waals surface area contributed by atoms with E-state index in [-0.39, 0.29) is 11.9 Å². The third-order valence-electron chi connectivity index (χ3n) is 3.94. The molecule has 5 heteroatoms. The molecule has 2 heterocycles. The lowest BCUT2D eigenvalue weighted by Crippen LogP contribution is -2.40. The zero-order chi connectivity index (χ0) is 15.7. The van der Waals surface area contributed by atoms with Crippen LogP contribution >= 0.6 is 0 Å². The second kappa shape index (κ2) is 5.57. The molecule has 1 aromatic heterocycles. The number of carbonyl (C=O) groups excluding carboxylic acids is 1. The predicted octanol–water partition coefficient (Wildman–Crippen LogP) is 2.32. The van der Waals surface area contributed by atoms with E-state index >= 15 is 0 Å². The van der Waals surface area contributed by atoms with Crippen LogP contribution in [0.25, 0.3) is 0 Å². The van der Waals surface area contributed by atoms with Gasteiger partial charge in [0.15, 0.2) is 0 Å². The summed E-state index contributed by atoms with van der Waals surface area (Å²) in [4.78, 5) is 14.7. The van der Waals surface area contributed by atoms with Crippen LogP contribution in [0.1, 0.15) is 28.5 Å². The number of para-hydroxylation sites is 1. The van der Waals surface area contributed by atoms with Crippen molar-refractivity contribution >= 4 is 5.91 Å². The highest BCUT2D eigenvalue weighted by atomic mass is 16.5. The summed E-state index contributed by atoms with van der Waals surface area (Å²) in [6.07, 6.45) is 1.67. The first kappa shape index (κ1) is 14.2. The molecule has 1 atom stereocenters. The number of hydrogen-bond donors (Lipinski definition) is 0. The summed E-state index contributed by atoms with van der Waals surface area (Å²) in [7, 11) is 1.78. The minimum Gasteiger partial charge on any atom is -0.491 e. The third-order valence-corrected chi connectivity index (χ3v) is 3.94. The van der Waals surface area contributed by atoms with E-state index in [2.05, 4.69) is 6.07 Å². The number of aryl methyl sites for hydroxylation is 1. The fourth-order valence-electron chi connectivity index (χ4n) is 2.67. The van der Waals surface area contributed by atoms with Crippen LogP contribution in [0.15, 0.2) is 36.5 Å². The van der Waals surface area contributed by atoms with Crippen LogP contribution in [-0.2, 0) is 13.6 Å². The molecular weight excluding hydrogens is 278 g/mol. The van der Waals surface area contributed by atoms with E-state index in [1.165, 1.54) is 0 Å². The SMILES string of the molecule is CC1COc2ccccc2CN1C(=O)c1cc(C#N)cn1C. The molecule has 1 aromatic carbocycles. The number of ether oxygens (including phenoxy) is 1. The minimum absolute atomic E-state index is 0.0414. The molecule has 112 valence electrons. The Kier molecular flexibility index (Phi) is 3.60. The molecule has 2 aromatic rings. The first-order chi connectivity index (χ1) is 10.6. The molecule has 0 saturated heterocycles. The average molecular weight is 295 g/mol. The van der Waals surface area contributed by atoms with Gasteiger partial charge in [-0.3, -0.25) is 4.79 Å². The van der Waals surface area contributed by atoms with Gasteiger partial charge in [-0.2, -0.15) is 5.26 Å². The Balaban J connectivity index is 1.94. The summed E-state index contributed by atoms with van der Waals surface area (Å²) in [6, 6.07) is 11.4. The molecule has 5 nitrogen and oxygen atoms in total. The van der Waals surface area contributed by atoms with Gasteiger partial charge in [-0.1, -0.05) is 18.2 Å². The van der Waals surface area contributed by atoms with Crippen LogP contribution in [0.4, 0.5) is 0 Å². The number of nitrogens with zero attached hydrogens (tertiary/aromatic N) is 3. The summed E-state index contributed by atoms with van der Waals surface area (Å²) in [5.41, 5.74) is 2.00. The highest BCUT2D eigenvalue weighted by Crippen LogP contribution is 2.26. The lowest BCUT2D eigenvalue weighted by atomic mass is 10.1. The van der Waals surface area contributed by atoms with Crippen LogP contribution in [0, 0.1) is 11.3 Å². The Morgan fingerprint density at radius 2 is 2.18 bits per heavy atom. The zero-order valence-electron chi connectivity index (χ0n) is 12.6. The summed E-state index contributed by atoms with van der Waals surface area (Å²) >= 11 is 0. The fraction of sp³-hybridized carbons (Fsp3) is 0.294. The minimum atomic E-state index is -0.0863. The first-order valence-corrected chi connectivity index (χ1v) is 7.18. The fourth-order valence-corrected chi connectivity index (χ4v) is 2.67. The number of benzene rings is 1. The van der Waals surface area contributed by atoms with E-state index in [4.69, 9.17) is 10.00 Å². The highest BCUT2D eigenvalue weighted by Gasteiger charge is 2.28. The third kappa shape index (κ3) is 2.44. The van der Waals surface area contributed by atoms with Crippen LogP contribution in [0.2, 0.25) is 0 Å². The normalized spacial score (nSPS) is 17.1. The van der Waals surface area contributed by atoms with Gasteiger partial charge in [0, 0.05) is 18.8 Å². The van der Waals surface area contributed by atoms with Gasteiger partial charge < -0.3 is 14.2 Å². The largest absolute Gasteiger partial charge is 0.491 e. The van der Waals surface area contributed by atoms with Crippen molar-refractivity contribution in [3.63, 3.8) is 0 Å². The summed E-state index contributed by atoms with van der Waals surface area (Å²) in [6.45, 7) is 2.93. The van der Waals surface area contributed by atoms with Crippen molar-refractivity contribution in [2.45, 2.75) is 19.5 Å². The Morgan fingerprint density at radius 1 is 1.41 bits per heavy atom. The van der Waals surface area contributed by atoms with Gasteiger partial charge in [0.25, 0.3) is 5.91 Å². The molecule has 1 aliphatic rings. The maximum atomic E-state index is 12.9. The molecule has 0 saturated carbocycles. The molecule has 0 spiro atoms. The molecule has 0 radical (unpaired) electrons. The molecule has 0 aliphatic carbocycles. The number of nitriles is 1. The smallest absolute Gasteiger partial charge is 0.271 e. The van der Waals surface area contributed by atoms with Gasteiger partial charge in [-0.05, 0) is 19.1 Å².